The van der Waals surface area contributed by atoms with Crippen LogP contribution in [0.15, 0.2) is 24.3 Å². The summed E-state index contributed by atoms with van der Waals surface area (Å²) in [5, 5.41) is 0. The molecule has 1 aromatic carbocycles. The fourth-order valence-corrected chi connectivity index (χ4v) is 4.98. The lowest BCUT2D eigenvalue weighted by Crippen LogP contribution is -2.58. The predicted molar refractivity (Wildman–Crippen MR) is 139 cm³/mol. The minimum absolute atomic E-state index is 0.0118. The SMILES string of the molecule is CC(C)CN(C(=O)c1nc2ccccc2[nH]1)C1C[C@@H](C(=O)N2CCOCC2)CN(C(=O)OC(C)(C)C)C1. The summed E-state index contributed by atoms with van der Waals surface area (Å²) < 4.78 is 11.1. The van der Waals surface area contributed by atoms with Gasteiger partial charge in [0.05, 0.1) is 36.2 Å². The van der Waals surface area contributed by atoms with Crippen molar-refractivity contribution in [1.82, 2.24) is 24.7 Å². The van der Waals surface area contributed by atoms with Crippen molar-refractivity contribution >= 4 is 28.9 Å². The van der Waals surface area contributed by atoms with E-state index < -0.39 is 17.6 Å². The third-order valence-corrected chi connectivity index (χ3v) is 6.61. The van der Waals surface area contributed by atoms with Crippen LogP contribution in [0.5, 0.6) is 0 Å². The molecule has 0 bridgehead atoms. The summed E-state index contributed by atoms with van der Waals surface area (Å²) in [6, 6.07) is 7.15. The summed E-state index contributed by atoms with van der Waals surface area (Å²) in [7, 11) is 0. The van der Waals surface area contributed by atoms with Gasteiger partial charge >= 0.3 is 6.09 Å². The van der Waals surface area contributed by atoms with Crippen LogP contribution in [-0.4, -0.2) is 100 Å². The van der Waals surface area contributed by atoms with Gasteiger partial charge in [0.25, 0.3) is 5.91 Å². The third kappa shape index (κ3) is 6.60. The van der Waals surface area contributed by atoms with Gasteiger partial charge in [-0.2, -0.15) is 0 Å². The molecular weight excluding hydrogens is 474 g/mol. The molecule has 0 aliphatic carbocycles. The first-order valence-corrected chi connectivity index (χ1v) is 13.1. The Kier molecular flexibility index (Phi) is 8.06. The van der Waals surface area contributed by atoms with Gasteiger partial charge in [0.15, 0.2) is 5.82 Å². The number of amides is 3. The molecule has 10 nitrogen and oxygen atoms in total. The number of hydrogen-bond acceptors (Lipinski definition) is 6. The van der Waals surface area contributed by atoms with E-state index in [1.165, 1.54) is 0 Å². The number of aromatic amines is 1. The molecule has 2 saturated heterocycles. The molecule has 2 fully saturated rings. The summed E-state index contributed by atoms with van der Waals surface area (Å²) in [5.41, 5.74) is 0.833. The number of likely N-dealkylation sites (tertiary alicyclic amines) is 1. The summed E-state index contributed by atoms with van der Waals surface area (Å²) >= 11 is 0. The molecule has 0 spiro atoms. The van der Waals surface area contributed by atoms with Gasteiger partial charge in [-0.3, -0.25) is 9.59 Å². The Bertz CT molecular complexity index is 1080. The topological polar surface area (TPSA) is 108 Å². The Morgan fingerprint density at radius 3 is 2.49 bits per heavy atom. The zero-order valence-electron chi connectivity index (χ0n) is 22.5. The summed E-state index contributed by atoms with van der Waals surface area (Å²) in [4.78, 5) is 53.3. The minimum atomic E-state index is -0.671. The number of nitrogens with one attached hydrogen (secondary N) is 1. The first-order valence-electron chi connectivity index (χ1n) is 13.1. The van der Waals surface area contributed by atoms with E-state index in [4.69, 9.17) is 9.47 Å². The van der Waals surface area contributed by atoms with Crippen LogP contribution in [0.25, 0.3) is 11.0 Å². The van der Waals surface area contributed by atoms with Crippen LogP contribution >= 0.6 is 0 Å². The summed E-state index contributed by atoms with van der Waals surface area (Å²) in [6.07, 6.45) is -0.00794. The molecule has 2 aliphatic heterocycles. The van der Waals surface area contributed by atoms with Crippen molar-refractivity contribution in [3.8, 4) is 0 Å². The van der Waals surface area contributed by atoms with Crippen LogP contribution in [-0.2, 0) is 14.3 Å². The lowest BCUT2D eigenvalue weighted by molar-refractivity contribution is -0.142. The highest BCUT2D eigenvalue weighted by Gasteiger charge is 2.41. The standard InChI is InChI=1S/C27H39N5O5/c1-18(2)15-32(25(34)23-28-21-8-6-7-9-22(21)29-23)20-14-19(24(33)30-10-12-36-13-11-30)16-31(17-20)26(35)37-27(3,4)5/h6-9,18-20H,10-17H2,1-5H3,(H,28,29)/t19-,20?/m1/s1. The quantitative estimate of drug-likeness (QED) is 0.658. The molecule has 2 atom stereocenters. The number of morpholine rings is 1. The molecule has 10 heteroatoms. The number of hydrogen-bond donors (Lipinski definition) is 1. The van der Waals surface area contributed by atoms with E-state index in [2.05, 4.69) is 9.97 Å². The van der Waals surface area contributed by atoms with Gasteiger partial charge < -0.3 is 29.2 Å². The van der Waals surface area contributed by atoms with Crippen molar-refractivity contribution in [3.63, 3.8) is 0 Å². The molecule has 202 valence electrons. The number of carbonyl (C=O) groups is 3. The van der Waals surface area contributed by atoms with Crippen molar-refractivity contribution in [2.45, 2.75) is 52.7 Å². The number of benzene rings is 1. The molecule has 4 rings (SSSR count). The van der Waals surface area contributed by atoms with Crippen LogP contribution in [0.2, 0.25) is 0 Å². The number of rotatable bonds is 5. The smallest absolute Gasteiger partial charge is 0.410 e. The number of para-hydroxylation sites is 2. The van der Waals surface area contributed by atoms with Crippen LogP contribution in [0, 0.1) is 11.8 Å². The van der Waals surface area contributed by atoms with Crippen LogP contribution in [0.3, 0.4) is 0 Å². The molecular formula is C27H39N5O5. The second kappa shape index (κ2) is 11.1. The van der Waals surface area contributed by atoms with Gasteiger partial charge in [-0.15, -0.1) is 0 Å². The molecule has 0 saturated carbocycles. The maximum atomic E-state index is 13.8. The number of ether oxygens (including phenoxy) is 2. The van der Waals surface area contributed by atoms with Crippen molar-refractivity contribution in [2.75, 3.05) is 45.9 Å². The number of aromatic nitrogens is 2. The number of fused-ring (bicyclic) bond motifs is 1. The highest BCUT2D eigenvalue weighted by molar-refractivity contribution is 5.94. The summed E-state index contributed by atoms with van der Waals surface area (Å²) in [6.45, 7) is 12.6. The van der Waals surface area contributed by atoms with Gasteiger partial charge in [-0.1, -0.05) is 26.0 Å². The van der Waals surface area contributed by atoms with Crippen molar-refractivity contribution < 1.29 is 23.9 Å². The minimum Gasteiger partial charge on any atom is -0.444 e. The molecule has 3 heterocycles. The molecule has 1 aromatic heterocycles. The van der Waals surface area contributed by atoms with Crippen molar-refractivity contribution in [2.24, 2.45) is 11.8 Å². The van der Waals surface area contributed by atoms with E-state index in [0.717, 1.165) is 11.0 Å². The highest BCUT2D eigenvalue weighted by Crippen LogP contribution is 2.27. The normalized spacial score (nSPS) is 20.8. The number of imidazole rings is 1. The Balaban J connectivity index is 1.63. The van der Waals surface area contributed by atoms with E-state index in [1.54, 1.807) is 14.7 Å². The van der Waals surface area contributed by atoms with E-state index in [0.29, 0.717) is 45.8 Å². The van der Waals surface area contributed by atoms with Gasteiger partial charge in [-0.05, 0) is 45.2 Å². The first-order chi connectivity index (χ1) is 17.5. The lowest BCUT2D eigenvalue weighted by Gasteiger charge is -2.44. The molecule has 1 N–H and O–H groups in total. The fraction of sp³-hybridized carbons (Fsp3) is 0.630. The van der Waals surface area contributed by atoms with E-state index in [9.17, 15) is 14.4 Å². The van der Waals surface area contributed by atoms with Crippen LogP contribution in [0.4, 0.5) is 4.79 Å². The molecule has 37 heavy (non-hydrogen) atoms. The Hall–Kier alpha value is -3.14. The maximum absolute atomic E-state index is 13.8. The molecule has 0 radical (unpaired) electrons. The van der Waals surface area contributed by atoms with Crippen LogP contribution in [0.1, 0.15) is 51.7 Å². The second-order valence-corrected chi connectivity index (χ2v) is 11.4. The van der Waals surface area contributed by atoms with Crippen LogP contribution < -0.4 is 0 Å². The van der Waals surface area contributed by atoms with Crippen molar-refractivity contribution in [3.05, 3.63) is 30.1 Å². The monoisotopic (exact) mass is 513 g/mol. The first kappa shape index (κ1) is 26.9. The Morgan fingerprint density at radius 1 is 1.14 bits per heavy atom. The molecule has 3 amide bonds. The molecule has 2 aliphatic rings. The molecule has 2 aromatic rings. The van der Waals surface area contributed by atoms with E-state index in [1.807, 2.05) is 58.9 Å². The van der Waals surface area contributed by atoms with Crippen molar-refractivity contribution in [1.29, 1.82) is 0 Å². The maximum Gasteiger partial charge on any atom is 0.410 e. The lowest BCUT2D eigenvalue weighted by atomic mass is 9.91. The molecule has 1 unspecified atom stereocenters. The number of nitrogens with zero attached hydrogens (tertiary/aromatic N) is 4. The Morgan fingerprint density at radius 2 is 1.84 bits per heavy atom. The zero-order chi connectivity index (χ0) is 26.7. The van der Waals surface area contributed by atoms with Gasteiger partial charge in [0.1, 0.15) is 5.60 Å². The van der Waals surface area contributed by atoms with Gasteiger partial charge in [0, 0.05) is 32.7 Å². The second-order valence-electron chi connectivity index (χ2n) is 11.4. The van der Waals surface area contributed by atoms with E-state index in [-0.39, 0.29) is 36.1 Å². The number of piperidine rings is 1. The zero-order valence-corrected chi connectivity index (χ0v) is 22.5. The van der Waals surface area contributed by atoms with Gasteiger partial charge in [-0.25, -0.2) is 9.78 Å². The Labute approximate surface area is 218 Å². The predicted octanol–water partition coefficient (Wildman–Crippen LogP) is 3.15. The average Bonchev–Trinajstić information content (AvgIpc) is 3.30. The third-order valence-electron chi connectivity index (χ3n) is 6.61. The fourth-order valence-electron chi connectivity index (χ4n) is 4.98. The highest BCUT2D eigenvalue weighted by atomic mass is 16.6. The number of H-pyrrole nitrogens is 1. The van der Waals surface area contributed by atoms with E-state index >= 15 is 0 Å². The number of carbonyl (C=O) groups excluding carboxylic acids is 3. The van der Waals surface area contributed by atoms with Gasteiger partial charge in [0.2, 0.25) is 5.91 Å². The average molecular weight is 514 g/mol. The summed E-state index contributed by atoms with van der Waals surface area (Å²) in [5.74, 6) is -0.255. The largest absolute Gasteiger partial charge is 0.444 e.